The Morgan fingerprint density at radius 3 is 2.52 bits per heavy atom. The lowest BCUT2D eigenvalue weighted by molar-refractivity contribution is 0.362. The third-order valence-corrected chi connectivity index (χ3v) is 2.98. The highest BCUT2D eigenvalue weighted by atomic mass is 19.1. The van der Waals surface area contributed by atoms with Crippen molar-refractivity contribution in [1.29, 1.82) is 0 Å². The van der Waals surface area contributed by atoms with Crippen molar-refractivity contribution in [3.63, 3.8) is 0 Å². The molecule has 1 aromatic heterocycles. The second-order valence-electron chi connectivity index (χ2n) is 4.30. The van der Waals surface area contributed by atoms with E-state index in [4.69, 9.17) is 9.47 Å². The minimum absolute atomic E-state index is 0.0875. The Morgan fingerprint density at radius 1 is 1.14 bits per heavy atom. The fourth-order valence-corrected chi connectivity index (χ4v) is 1.82. The van der Waals surface area contributed by atoms with Crippen molar-refractivity contribution in [3.8, 4) is 17.4 Å². The molecule has 4 nitrogen and oxygen atoms in total. The number of aryl methyl sites for hydroxylation is 1. The standard InChI is InChI=1S/C15H16F2N2O2/c1-4-9-5-6-12(13(7-9)20-3)21-15-11(17)8-10(16)14(18-2)19-15/h5-8H,4H2,1-3H3,(H,18,19). The molecule has 6 heteroatoms. The van der Waals surface area contributed by atoms with E-state index in [1.54, 1.807) is 12.1 Å². The third-order valence-electron chi connectivity index (χ3n) is 2.98. The van der Waals surface area contributed by atoms with Crippen LogP contribution in [0.5, 0.6) is 17.4 Å². The van der Waals surface area contributed by atoms with Crippen molar-refractivity contribution < 1.29 is 18.3 Å². The van der Waals surface area contributed by atoms with E-state index < -0.39 is 11.6 Å². The molecule has 21 heavy (non-hydrogen) atoms. The predicted octanol–water partition coefficient (Wildman–Crippen LogP) is 3.76. The minimum atomic E-state index is -0.881. The van der Waals surface area contributed by atoms with Gasteiger partial charge in [-0.05, 0) is 24.1 Å². The van der Waals surface area contributed by atoms with E-state index in [1.807, 2.05) is 13.0 Å². The molecule has 2 aromatic rings. The van der Waals surface area contributed by atoms with Crippen molar-refractivity contribution in [2.75, 3.05) is 19.5 Å². The first-order valence-electron chi connectivity index (χ1n) is 6.47. The van der Waals surface area contributed by atoms with E-state index in [2.05, 4.69) is 10.3 Å². The number of hydrogen-bond acceptors (Lipinski definition) is 4. The maximum absolute atomic E-state index is 13.7. The first-order valence-corrected chi connectivity index (χ1v) is 6.47. The smallest absolute Gasteiger partial charge is 0.258 e. The zero-order valence-corrected chi connectivity index (χ0v) is 12.0. The zero-order chi connectivity index (χ0) is 15.4. The Morgan fingerprint density at radius 2 is 1.90 bits per heavy atom. The molecule has 0 atom stereocenters. The summed E-state index contributed by atoms with van der Waals surface area (Å²) in [4.78, 5) is 3.76. The van der Waals surface area contributed by atoms with Crippen LogP contribution in [-0.2, 0) is 6.42 Å². The van der Waals surface area contributed by atoms with Crippen LogP contribution in [0.25, 0.3) is 0 Å². The molecule has 1 heterocycles. The summed E-state index contributed by atoms with van der Waals surface area (Å²) in [5, 5.41) is 2.53. The average Bonchev–Trinajstić information content (AvgIpc) is 2.50. The largest absolute Gasteiger partial charge is 0.493 e. The molecule has 0 aliphatic rings. The molecule has 0 unspecified atom stereocenters. The van der Waals surface area contributed by atoms with Gasteiger partial charge in [-0.3, -0.25) is 0 Å². The number of nitrogens with zero attached hydrogens (tertiary/aromatic N) is 1. The van der Waals surface area contributed by atoms with Gasteiger partial charge in [0.05, 0.1) is 7.11 Å². The van der Waals surface area contributed by atoms with E-state index >= 15 is 0 Å². The second-order valence-corrected chi connectivity index (χ2v) is 4.30. The van der Waals surface area contributed by atoms with Crippen molar-refractivity contribution in [2.24, 2.45) is 0 Å². The van der Waals surface area contributed by atoms with Gasteiger partial charge >= 0.3 is 0 Å². The zero-order valence-electron chi connectivity index (χ0n) is 12.0. The van der Waals surface area contributed by atoms with Crippen molar-refractivity contribution in [2.45, 2.75) is 13.3 Å². The van der Waals surface area contributed by atoms with Crippen LogP contribution in [0.4, 0.5) is 14.6 Å². The Labute approximate surface area is 121 Å². The summed E-state index contributed by atoms with van der Waals surface area (Å²) < 4.78 is 37.7. The van der Waals surface area contributed by atoms with Crippen LogP contribution in [0, 0.1) is 11.6 Å². The van der Waals surface area contributed by atoms with Gasteiger partial charge in [0.2, 0.25) is 0 Å². The fourth-order valence-electron chi connectivity index (χ4n) is 1.82. The average molecular weight is 294 g/mol. The van der Waals surface area contributed by atoms with E-state index in [9.17, 15) is 8.78 Å². The Bertz CT molecular complexity index is 648. The maximum atomic E-state index is 13.7. The summed E-state index contributed by atoms with van der Waals surface area (Å²) in [7, 11) is 2.98. The van der Waals surface area contributed by atoms with Crippen LogP contribution < -0.4 is 14.8 Å². The Balaban J connectivity index is 2.38. The number of ether oxygens (including phenoxy) is 2. The van der Waals surface area contributed by atoms with Crippen molar-refractivity contribution in [1.82, 2.24) is 4.98 Å². The lowest BCUT2D eigenvalue weighted by atomic mass is 10.1. The van der Waals surface area contributed by atoms with E-state index in [0.717, 1.165) is 18.1 Å². The number of aromatic nitrogens is 1. The molecule has 0 fully saturated rings. The van der Waals surface area contributed by atoms with Crippen LogP contribution in [0.1, 0.15) is 12.5 Å². The lowest BCUT2D eigenvalue weighted by Crippen LogP contribution is -2.01. The fraction of sp³-hybridized carbons (Fsp3) is 0.267. The molecule has 0 saturated carbocycles. The van der Waals surface area contributed by atoms with Gasteiger partial charge in [0.15, 0.2) is 29.0 Å². The van der Waals surface area contributed by atoms with Crippen LogP contribution in [0.15, 0.2) is 24.3 Å². The number of anilines is 1. The minimum Gasteiger partial charge on any atom is -0.493 e. The van der Waals surface area contributed by atoms with Crippen molar-refractivity contribution in [3.05, 3.63) is 41.5 Å². The molecule has 0 aliphatic heterocycles. The number of halogens is 2. The summed E-state index contributed by atoms with van der Waals surface area (Å²) in [6.45, 7) is 2.01. The number of pyridine rings is 1. The quantitative estimate of drug-likeness (QED) is 0.911. The Kier molecular flexibility index (Phi) is 4.57. The van der Waals surface area contributed by atoms with Gasteiger partial charge in [-0.25, -0.2) is 8.78 Å². The van der Waals surface area contributed by atoms with Gasteiger partial charge in [-0.1, -0.05) is 13.0 Å². The molecular formula is C15H16F2N2O2. The van der Waals surface area contributed by atoms with Crippen LogP contribution in [0.2, 0.25) is 0 Å². The molecule has 1 N–H and O–H groups in total. The number of benzene rings is 1. The van der Waals surface area contributed by atoms with E-state index in [-0.39, 0.29) is 11.7 Å². The van der Waals surface area contributed by atoms with Crippen LogP contribution in [0.3, 0.4) is 0 Å². The van der Waals surface area contributed by atoms with Crippen LogP contribution >= 0.6 is 0 Å². The molecule has 0 radical (unpaired) electrons. The van der Waals surface area contributed by atoms with Gasteiger partial charge in [-0.15, -0.1) is 0 Å². The van der Waals surface area contributed by atoms with Gasteiger partial charge in [-0.2, -0.15) is 4.98 Å². The first kappa shape index (κ1) is 15.0. The highest BCUT2D eigenvalue weighted by Crippen LogP contribution is 2.33. The van der Waals surface area contributed by atoms with Crippen LogP contribution in [-0.4, -0.2) is 19.1 Å². The molecule has 112 valence electrons. The molecule has 0 saturated heterocycles. The normalized spacial score (nSPS) is 10.3. The topological polar surface area (TPSA) is 43.4 Å². The van der Waals surface area contributed by atoms with Gasteiger partial charge < -0.3 is 14.8 Å². The number of nitrogens with one attached hydrogen (secondary N) is 1. The number of methoxy groups -OCH3 is 1. The highest BCUT2D eigenvalue weighted by molar-refractivity contribution is 5.46. The summed E-state index contributed by atoms with van der Waals surface area (Å²) in [6.07, 6.45) is 0.837. The Hall–Kier alpha value is -2.37. The lowest BCUT2D eigenvalue weighted by Gasteiger charge is -2.12. The summed E-state index contributed by atoms with van der Waals surface area (Å²) in [5.74, 6) is -1.29. The van der Waals surface area contributed by atoms with E-state index in [0.29, 0.717) is 11.5 Å². The highest BCUT2D eigenvalue weighted by Gasteiger charge is 2.15. The van der Waals surface area contributed by atoms with E-state index in [1.165, 1.54) is 14.2 Å². The third kappa shape index (κ3) is 3.21. The monoisotopic (exact) mass is 294 g/mol. The molecule has 0 aliphatic carbocycles. The SMILES string of the molecule is CCc1ccc(Oc2nc(NC)c(F)cc2F)c(OC)c1. The van der Waals surface area contributed by atoms with Crippen molar-refractivity contribution >= 4 is 5.82 Å². The van der Waals surface area contributed by atoms with Gasteiger partial charge in [0, 0.05) is 13.1 Å². The number of hydrogen-bond donors (Lipinski definition) is 1. The molecule has 0 spiro atoms. The summed E-state index contributed by atoms with van der Waals surface area (Å²) in [6, 6.07) is 6.04. The molecule has 2 rings (SSSR count). The first-order chi connectivity index (χ1) is 10.1. The molecule has 1 aromatic carbocycles. The second kappa shape index (κ2) is 6.39. The van der Waals surface area contributed by atoms with Gasteiger partial charge in [0.25, 0.3) is 5.88 Å². The molecule has 0 amide bonds. The number of rotatable bonds is 5. The maximum Gasteiger partial charge on any atom is 0.258 e. The molecular weight excluding hydrogens is 278 g/mol. The summed E-state index contributed by atoms with van der Waals surface area (Å²) in [5.41, 5.74) is 1.06. The molecule has 0 bridgehead atoms. The van der Waals surface area contributed by atoms with Gasteiger partial charge in [0.1, 0.15) is 0 Å². The summed E-state index contributed by atoms with van der Waals surface area (Å²) >= 11 is 0. The predicted molar refractivity (Wildman–Crippen MR) is 76.1 cm³/mol.